The van der Waals surface area contributed by atoms with Crippen LogP contribution in [-0.2, 0) is 27.2 Å². The predicted molar refractivity (Wildman–Crippen MR) is 575 cm³/mol. The molecule has 16 heteroatoms. The van der Waals surface area contributed by atoms with Crippen molar-refractivity contribution in [2.24, 2.45) is 0 Å². The second kappa shape index (κ2) is 74.4. The zero-order valence-corrected chi connectivity index (χ0v) is 95.6. The summed E-state index contributed by atoms with van der Waals surface area (Å²) in [5.41, 5.74) is 0.285. The van der Waals surface area contributed by atoms with Crippen LogP contribution in [0.5, 0.6) is 17.2 Å². The topological polar surface area (TPSA) is 114 Å². The van der Waals surface area contributed by atoms with E-state index in [2.05, 4.69) is 173 Å². The molecule has 0 spiro atoms. The summed E-state index contributed by atoms with van der Waals surface area (Å²) < 4.78 is 54.6. The fraction of sp³-hybridized carbons (Fsp3) is 0.929. The number of nitrogens with zero attached hydrogens (tertiary/aromatic N) is 2. The van der Waals surface area contributed by atoms with Crippen LogP contribution in [0.4, 0.5) is 0 Å². The number of ether oxygens (including phenoxy) is 4. The second-order valence-electron chi connectivity index (χ2n) is 46.7. The minimum Gasteiger partial charge on any atom is -0.493 e. The van der Waals surface area contributed by atoms with Crippen molar-refractivity contribution in [1.82, 2.24) is 9.80 Å². The van der Waals surface area contributed by atoms with Gasteiger partial charge < -0.3 is 36.7 Å². The fourth-order valence-electron chi connectivity index (χ4n) is 17.5. The molecule has 0 aliphatic heterocycles. The molecular formula is C113H226N2O10Si4. The van der Waals surface area contributed by atoms with Gasteiger partial charge in [0, 0.05) is 39.1 Å². The molecule has 1 rings (SSSR count). The number of benzene rings is 1. The predicted octanol–water partition coefficient (Wildman–Crippen LogP) is 37.0. The van der Waals surface area contributed by atoms with Gasteiger partial charge >= 0.3 is 11.9 Å². The Hall–Kier alpha value is -1.61. The first-order valence-electron chi connectivity index (χ1n) is 56.0. The Morgan fingerprint density at radius 1 is 0.287 bits per heavy atom. The van der Waals surface area contributed by atoms with Gasteiger partial charge in [0.05, 0.1) is 50.8 Å². The molecular weight excluding hydrogens is 1660 g/mol. The lowest BCUT2D eigenvalue weighted by atomic mass is 10.0. The van der Waals surface area contributed by atoms with Gasteiger partial charge in [-0.15, -0.1) is 0 Å². The number of hydrogen-bond donors (Lipinski definition) is 0. The van der Waals surface area contributed by atoms with Crippen LogP contribution in [0.1, 0.15) is 532 Å². The summed E-state index contributed by atoms with van der Waals surface area (Å²) in [4.78, 5) is 34.1. The summed E-state index contributed by atoms with van der Waals surface area (Å²) in [7, 11) is -5.50. The van der Waals surface area contributed by atoms with Gasteiger partial charge in [0.1, 0.15) is 0 Å². The normalized spacial score (nSPS) is 13.9. The van der Waals surface area contributed by atoms with Gasteiger partial charge in [0.2, 0.25) is 5.75 Å². The lowest BCUT2D eigenvalue weighted by Crippen LogP contribution is -2.50. The van der Waals surface area contributed by atoms with Crippen LogP contribution < -0.4 is 14.2 Å². The zero-order chi connectivity index (χ0) is 96.2. The smallest absolute Gasteiger partial charge is 0.338 e. The molecule has 0 heterocycles. The molecule has 0 aliphatic rings. The molecule has 0 saturated heterocycles. The maximum atomic E-state index is 14.4. The first-order valence-corrected chi connectivity index (χ1v) is 67.7. The molecule has 4 atom stereocenters. The van der Waals surface area contributed by atoms with Gasteiger partial charge in [-0.3, -0.25) is 14.6 Å². The molecule has 0 radical (unpaired) electrons. The third-order valence-electron chi connectivity index (χ3n) is 30.3. The van der Waals surface area contributed by atoms with E-state index in [1.54, 1.807) is 26.4 Å². The number of esters is 2. The van der Waals surface area contributed by atoms with E-state index in [9.17, 15) is 9.59 Å². The summed E-state index contributed by atoms with van der Waals surface area (Å²) in [6.07, 6.45) is 82.3. The Morgan fingerprint density at radius 3 is 0.690 bits per heavy atom. The molecule has 0 aliphatic carbocycles. The van der Waals surface area contributed by atoms with Gasteiger partial charge in [-0.1, -0.05) is 470 Å². The van der Waals surface area contributed by atoms with E-state index >= 15 is 0 Å². The van der Waals surface area contributed by atoms with E-state index in [0.29, 0.717) is 12.8 Å². The van der Waals surface area contributed by atoms with Crippen LogP contribution in [0.15, 0.2) is 12.1 Å². The molecule has 764 valence electrons. The molecule has 12 nitrogen and oxygen atoms in total. The van der Waals surface area contributed by atoms with Gasteiger partial charge in [-0.05, 0) is 136 Å². The van der Waals surface area contributed by atoms with Crippen molar-refractivity contribution in [3.05, 3.63) is 17.7 Å². The number of methoxy groups -OCH3 is 2. The standard InChI is InChI=1S/C113H226N2O10Si4/c1-27-31-35-39-43-47-51-55-59-63-67-71-75-79-86-101(122-126(19,20)110(5,6)7)96-114(97-102(123-127(21,22)111(8,9)10)87-80-76-72-68-64-60-56-52-48-44-40-36-32-28-2)91-84-83-90-107(116)121-108-105(118-17)94-100(95-106(108)119-18)109(117)120-93-85-92-115(98-103(124-128(23,24)112(11,12)13)88-81-77-73-69-65-61-57-53-49-45-41-37-33-29-3)99-104(125-129(25,26)113(14,15)16)89-82-78-74-70-66-62-58-54-50-46-42-38-34-30-4/h94-95,101-104H,27-93,96-99H2,1-26H3. The van der Waals surface area contributed by atoms with Crippen molar-refractivity contribution in [2.45, 2.75) is 619 Å². The first-order chi connectivity index (χ1) is 61.2. The number of rotatable bonds is 89. The Kier molecular flexibility index (Phi) is 72.4. The summed E-state index contributed by atoms with van der Waals surface area (Å²) in [6.45, 7) is 62.4. The summed E-state index contributed by atoms with van der Waals surface area (Å²) in [6, 6.07) is 3.28. The molecule has 0 fully saturated rings. The lowest BCUT2D eigenvalue weighted by Gasteiger charge is -2.42. The van der Waals surface area contributed by atoms with Gasteiger partial charge in [0.15, 0.2) is 44.8 Å². The minimum absolute atomic E-state index is 0.0734. The van der Waals surface area contributed by atoms with E-state index in [-0.39, 0.29) is 86.4 Å². The van der Waals surface area contributed by atoms with E-state index in [1.165, 1.54) is 360 Å². The summed E-state index contributed by atoms with van der Waals surface area (Å²) in [5.74, 6) is -0.150. The van der Waals surface area contributed by atoms with Crippen molar-refractivity contribution in [2.75, 3.05) is 60.1 Å². The highest BCUT2D eigenvalue weighted by molar-refractivity contribution is 6.75. The highest BCUT2D eigenvalue weighted by Crippen LogP contribution is 2.44. The van der Waals surface area contributed by atoms with Gasteiger partial charge in [-0.2, -0.15) is 0 Å². The molecule has 1 aromatic carbocycles. The molecule has 129 heavy (non-hydrogen) atoms. The van der Waals surface area contributed by atoms with Crippen LogP contribution in [0.2, 0.25) is 72.5 Å². The second-order valence-corrected chi connectivity index (χ2v) is 65.7. The highest BCUT2D eigenvalue weighted by atomic mass is 28.4. The van der Waals surface area contributed by atoms with Crippen LogP contribution in [0.3, 0.4) is 0 Å². The highest BCUT2D eigenvalue weighted by Gasteiger charge is 2.44. The molecule has 0 aromatic heterocycles. The maximum absolute atomic E-state index is 14.4. The largest absolute Gasteiger partial charge is 0.493 e. The van der Waals surface area contributed by atoms with Gasteiger partial charge in [0.25, 0.3) is 0 Å². The average molecular weight is 1890 g/mol. The van der Waals surface area contributed by atoms with E-state index in [4.69, 9.17) is 36.7 Å². The Balaban J connectivity index is 3.62. The molecule has 1 aromatic rings. The number of carbonyl (C=O) groups is 2. The maximum Gasteiger partial charge on any atom is 0.338 e. The van der Waals surface area contributed by atoms with Crippen LogP contribution in [-0.4, -0.2) is 140 Å². The molecule has 0 bridgehead atoms. The quantitative estimate of drug-likeness (QED) is 0.0268. The fourth-order valence-corrected chi connectivity index (χ4v) is 23.0. The first kappa shape index (κ1) is 125. The van der Waals surface area contributed by atoms with Crippen LogP contribution in [0, 0.1) is 0 Å². The van der Waals surface area contributed by atoms with Crippen molar-refractivity contribution in [3.63, 3.8) is 0 Å². The van der Waals surface area contributed by atoms with Crippen molar-refractivity contribution >= 4 is 45.2 Å². The Labute approximate surface area is 809 Å². The number of hydrogen-bond acceptors (Lipinski definition) is 12. The van der Waals surface area contributed by atoms with Gasteiger partial charge in [-0.25, -0.2) is 4.79 Å². The number of unbranched alkanes of at least 4 members (excludes halogenated alkanes) is 53. The molecule has 0 saturated carbocycles. The Bertz CT molecular complexity index is 2630. The SMILES string of the molecule is CCCCCCCCCCCCCCCCC(CN(CCCCC(=O)Oc1c(OC)cc(C(=O)OCCCN(CC(CCCCCCCCCCCCCCCC)O[Si](C)(C)C(C)(C)C)CC(CCCCCCCCCCCCCCCC)O[Si](C)(C)C(C)(C)C)cc1OC)CC(CCCCCCCCCCCCCCCC)O[Si](C)(C)C(C)(C)C)O[Si](C)(C)C(C)(C)C. The van der Waals surface area contributed by atoms with Crippen LogP contribution >= 0.6 is 0 Å². The van der Waals surface area contributed by atoms with E-state index in [0.717, 1.165) is 71.4 Å². The third kappa shape index (κ3) is 62.9. The molecule has 4 unspecified atom stereocenters. The zero-order valence-electron chi connectivity index (χ0n) is 91.6. The third-order valence-corrected chi connectivity index (χ3v) is 48.4. The van der Waals surface area contributed by atoms with Crippen molar-refractivity contribution in [1.29, 1.82) is 0 Å². The summed E-state index contributed by atoms with van der Waals surface area (Å²) in [5, 5.41) is 0.313. The van der Waals surface area contributed by atoms with Crippen LogP contribution in [0.25, 0.3) is 0 Å². The molecule has 0 amide bonds. The number of carbonyl (C=O) groups excluding carboxylic acids is 2. The Morgan fingerprint density at radius 2 is 0.488 bits per heavy atom. The lowest BCUT2D eigenvalue weighted by molar-refractivity contribution is -0.134. The monoisotopic (exact) mass is 1880 g/mol. The van der Waals surface area contributed by atoms with Crippen molar-refractivity contribution in [3.8, 4) is 17.2 Å². The minimum atomic E-state index is -2.16. The molecule has 0 N–H and O–H groups in total. The van der Waals surface area contributed by atoms with E-state index < -0.39 is 39.2 Å². The summed E-state index contributed by atoms with van der Waals surface area (Å²) >= 11 is 0. The van der Waals surface area contributed by atoms with Crippen molar-refractivity contribution < 1.29 is 46.2 Å². The van der Waals surface area contributed by atoms with E-state index in [1.807, 2.05) is 0 Å². The average Bonchev–Trinajstić information content (AvgIpc) is 0.813.